The van der Waals surface area contributed by atoms with Crippen LogP contribution in [-0.2, 0) is 0 Å². The molecule has 2 rings (SSSR count). The van der Waals surface area contributed by atoms with Gasteiger partial charge in [0.05, 0.1) is 24.9 Å². The molecule has 27 heavy (non-hydrogen) atoms. The number of methoxy groups -OCH3 is 1. The van der Waals surface area contributed by atoms with Gasteiger partial charge in [-0.25, -0.2) is 0 Å². The van der Waals surface area contributed by atoms with Crippen LogP contribution in [0.2, 0.25) is 0 Å². The smallest absolute Gasteiger partial charge is 0.315 e. The fourth-order valence-corrected chi connectivity index (χ4v) is 3.17. The Bertz CT molecular complexity index is 690. The van der Waals surface area contributed by atoms with Gasteiger partial charge in [-0.05, 0) is 37.5 Å². The van der Waals surface area contributed by atoms with Crippen LogP contribution in [-0.4, -0.2) is 36.0 Å². The minimum atomic E-state index is -0.493. The van der Waals surface area contributed by atoms with Gasteiger partial charge in [-0.3, -0.25) is 15.5 Å². The Morgan fingerprint density at radius 2 is 2.15 bits per heavy atom. The van der Waals surface area contributed by atoms with Crippen LogP contribution in [0.1, 0.15) is 51.0 Å². The normalized spacial score (nSPS) is 14.7. The van der Waals surface area contributed by atoms with Crippen molar-refractivity contribution in [1.82, 2.24) is 10.7 Å². The first-order valence-corrected chi connectivity index (χ1v) is 9.54. The number of benzene rings is 1. The molecule has 1 saturated carbocycles. The van der Waals surface area contributed by atoms with Crippen molar-refractivity contribution < 1.29 is 14.4 Å². The summed E-state index contributed by atoms with van der Waals surface area (Å²) in [5.41, 5.74) is 3.11. The first kappa shape index (κ1) is 20.9. The largest absolute Gasteiger partial charge is 0.493 e. The van der Waals surface area contributed by atoms with Crippen LogP contribution in [0, 0.1) is 10.1 Å². The van der Waals surface area contributed by atoms with E-state index in [-0.39, 0.29) is 11.4 Å². The van der Waals surface area contributed by atoms with Crippen molar-refractivity contribution in [1.29, 1.82) is 0 Å². The van der Waals surface area contributed by atoms with Gasteiger partial charge in [-0.1, -0.05) is 26.2 Å². The van der Waals surface area contributed by atoms with Gasteiger partial charge in [0, 0.05) is 17.7 Å². The van der Waals surface area contributed by atoms with Gasteiger partial charge >= 0.3 is 5.69 Å². The van der Waals surface area contributed by atoms with Crippen molar-refractivity contribution in [2.75, 3.05) is 13.7 Å². The molecule has 0 aliphatic heterocycles. The molecule has 0 amide bonds. The summed E-state index contributed by atoms with van der Waals surface area (Å²) in [5, 5.41) is 19.2. The number of thiocarbonyl (C=S) groups is 1. The first-order valence-electron chi connectivity index (χ1n) is 9.14. The number of hydrogen-bond acceptors (Lipinski definition) is 6. The van der Waals surface area contributed by atoms with E-state index in [1.165, 1.54) is 38.7 Å². The number of nitrogens with zero attached hydrogens (tertiary/aromatic N) is 2. The van der Waals surface area contributed by atoms with E-state index in [1.807, 2.05) is 6.92 Å². The van der Waals surface area contributed by atoms with Crippen LogP contribution in [0.4, 0.5) is 5.69 Å². The van der Waals surface area contributed by atoms with E-state index in [4.69, 9.17) is 21.7 Å². The van der Waals surface area contributed by atoms with Gasteiger partial charge in [0.2, 0.25) is 5.75 Å². The number of nitrogens with one attached hydrogen (secondary N) is 2. The summed E-state index contributed by atoms with van der Waals surface area (Å²) in [4.78, 5) is 10.9. The molecule has 2 N–H and O–H groups in total. The Hall–Kier alpha value is -2.42. The van der Waals surface area contributed by atoms with E-state index in [0.29, 0.717) is 29.1 Å². The number of hydrogen-bond donors (Lipinski definition) is 2. The highest BCUT2D eigenvalue weighted by Gasteiger charge is 2.22. The molecule has 1 aromatic carbocycles. The molecular formula is C18H26N4O4S. The molecule has 148 valence electrons. The highest BCUT2D eigenvalue weighted by Crippen LogP contribution is 2.38. The van der Waals surface area contributed by atoms with Crippen molar-refractivity contribution in [2.24, 2.45) is 5.10 Å². The van der Waals surface area contributed by atoms with Crippen LogP contribution in [0.25, 0.3) is 0 Å². The third-order valence-electron chi connectivity index (χ3n) is 4.24. The van der Waals surface area contributed by atoms with Crippen LogP contribution in [0.5, 0.6) is 11.5 Å². The third kappa shape index (κ3) is 6.35. The molecule has 1 aromatic rings. The van der Waals surface area contributed by atoms with Gasteiger partial charge < -0.3 is 14.8 Å². The molecule has 0 bridgehead atoms. The molecular weight excluding hydrogens is 368 g/mol. The molecule has 0 aromatic heterocycles. The molecule has 0 radical (unpaired) electrons. The van der Waals surface area contributed by atoms with Crippen molar-refractivity contribution in [2.45, 2.75) is 51.5 Å². The molecule has 0 atom stereocenters. The van der Waals surface area contributed by atoms with E-state index in [0.717, 1.165) is 19.3 Å². The molecule has 0 unspecified atom stereocenters. The Morgan fingerprint density at radius 1 is 1.41 bits per heavy atom. The Labute approximate surface area is 164 Å². The maximum atomic E-state index is 11.4. The molecule has 9 heteroatoms. The number of nitro groups is 1. The average molecular weight is 394 g/mol. The molecule has 1 fully saturated rings. The molecule has 0 spiro atoms. The summed E-state index contributed by atoms with van der Waals surface area (Å²) in [6, 6.07) is 3.42. The van der Waals surface area contributed by atoms with Gasteiger partial charge in [-0.2, -0.15) is 5.10 Å². The highest BCUT2D eigenvalue weighted by atomic mass is 32.1. The van der Waals surface area contributed by atoms with E-state index in [1.54, 1.807) is 6.07 Å². The van der Waals surface area contributed by atoms with Crippen molar-refractivity contribution in [3.63, 3.8) is 0 Å². The second-order valence-corrected chi connectivity index (χ2v) is 6.76. The van der Waals surface area contributed by atoms with E-state index in [2.05, 4.69) is 15.8 Å². The van der Waals surface area contributed by atoms with Gasteiger partial charge in [0.15, 0.2) is 10.9 Å². The monoisotopic (exact) mass is 394 g/mol. The summed E-state index contributed by atoms with van der Waals surface area (Å²) in [6.45, 7) is 2.29. The van der Waals surface area contributed by atoms with Crippen LogP contribution in [0.3, 0.4) is 0 Å². The maximum Gasteiger partial charge on any atom is 0.315 e. The van der Waals surface area contributed by atoms with Crippen LogP contribution < -0.4 is 20.2 Å². The molecule has 8 nitrogen and oxygen atoms in total. The Kier molecular flexibility index (Phi) is 8.25. The molecule has 0 heterocycles. The lowest BCUT2D eigenvalue weighted by Gasteiger charge is -2.23. The zero-order valence-corrected chi connectivity index (χ0v) is 16.5. The zero-order valence-electron chi connectivity index (χ0n) is 15.7. The Morgan fingerprint density at radius 3 is 2.78 bits per heavy atom. The van der Waals surface area contributed by atoms with Crippen molar-refractivity contribution in [3.05, 3.63) is 27.8 Å². The predicted octanol–water partition coefficient (Wildman–Crippen LogP) is 3.52. The lowest BCUT2D eigenvalue weighted by molar-refractivity contribution is -0.386. The number of rotatable bonds is 8. The number of ether oxygens (including phenoxy) is 2. The zero-order chi connectivity index (χ0) is 19.6. The lowest BCUT2D eigenvalue weighted by Crippen LogP contribution is -2.40. The van der Waals surface area contributed by atoms with Crippen molar-refractivity contribution in [3.8, 4) is 11.5 Å². The first-order chi connectivity index (χ1) is 13.0. The maximum absolute atomic E-state index is 11.4. The van der Waals surface area contributed by atoms with Gasteiger partial charge in [0.25, 0.3) is 0 Å². The van der Waals surface area contributed by atoms with E-state index >= 15 is 0 Å². The van der Waals surface area contributed by atoms with Gasteiger partial charge in [-0.15, -0.1) is 0 Å². The predicted molar refractivity (Wildman–Crippen MR) is 109 cm³/mol. The summed E-state index contributed by atoms with van der Waals surface area (Å²) in [6.07, 6.45) is 8.10. The topological polar surface area (TPSA) is 98.0 Å². The minimum absolute atomic E-state index is 0.129. The highest BCUT2D eigenvalue weighted by molar-refractivity contribution is 7.80. The van der Waals surface area contributed by atoms with Crippen molar-refractivity contribution >= 4 is 29.2 Å². The molecule has 1 aliphatic carbocycles. The molecule has 0 saturated heterocycles. The molecule has 1 aliphatic rings. The second kappa shape index (κ2) is 10.7. The average Bonchev–Trinajstić information content (AvgIpc) is 2.66. The lowest BCUT2D eigenvalue weighted by atomic mass is 9.96. The van der Waals surface area contributed by atoms with Crippen LogP contribution >= 0.6 is 12.2 Å². The second-order valence-electron chi connectivity index (χ2n) is 6.36. The number of nitro benzene ring substituents is 1. The fourth-order valence-electron chi connectivity index (χ4n) is 2.95. The summed E-state index contributed by atoms with van der Waals surface area (Å²) >= 11 is 5.25. The SMILES string of the molecule is CCCOc1c(OC)cc(/C=N\NC(=S)NC2CCCCC2)cc1[N+](=O)[O-]. The van der Waals surface area contributed by atoms with Crippen LogP contribution in [0.15, 0.2) is 17.2 Å². The summed E-state index contributed by atoms with van der Waals surface area (Å²) in [5.74, 6) is 0.422. The van der Waals surface area contributed by atoms with E-state index in [9.17, 15) is 10.1 Å². The third-order valence-corrected chi connectivity index (χ3v) is 4.45. The standard InChI is InChI=1S/C18H26N4O4S/c1-3-9-26-17-15(22(23)24)10-13(11-16(17)25-2)12-19-21-18(27)20-14-7-5-4-6-8-14/h10-12,14H,3-9H2,1-2H3,(H2,20,21,27)/b19-12-. The quantitative estimate of drug-likeness (QED) is 0.301. The number of hydrazone groups is 1. The van der Waals surface area contributed by atoms with Gasteiger partial charge in [0.1, 0.15) is 0 Å². The fraction of sp³-hybridized carbons (Fsp3) is 0.556. The Balaban J connectivity index is 2.06. The minimum Gasteiger partial charge on any atom is -0.493 e. The summed E-state index contributed by atoms with van der Waals surface area (Å²) < 4.78 is 10.7. The van der Waals surface area contributed by atoms with E-state index < -0.39 is 4.92 Å². The summed E-state index contributed by atoms with van der Waals surface area (Å²) in [7, 11) is 1.44.